The minimum absolute atomic E-state index is 0.0452. The smallest absolute Gasteiger partial charge is 0.251 e. The second-order valence-corrected chi connectivity index (χ2v) is 8.55. The predicted molar refractivity (Wildman–Crippen MR) is 124 cm³/mol. The van der Waals surface area contributed by atoms with Gasteiger partial charge in [-0.3, -0.25) is 9.59 Å². The molecule has 0 saturated heterocycles. The highest BCUT2D eigenvalue weighted by molar-refractivity contribution is 5.97. The molecule has 2 amide bonds. The molecule has 1 aliphatic carbocycles. The lowest BCUT2D eigenvalue weighted by Crippen LogP contribution is -2.37. The monoisotopic (exact) mass is 438 g/mol. The zero-order chi connectivity index (χ0) is 23.3. The quantitative estimate of drug-likeness (QED) is 0.538. The number of carbonyl (C=O) groups is 2. The Balaban J connectivity index is 1.80. The van der Waals surface area contributed by atoms with Gasteiger partial charge in [-0.2, -0.15) is 0 Å². The van der Waals surface area contributed by atoms with Gasteiger partial charge in [0.25, 0.3) is 5.91 Å². The molecule has 0 radical (unpaired) electrons. The summed E-state index contributed by atoms with van der Waals surface area (Å²) in [6.07, 6.45) is 3.30. The standard InChI is InChI=1S/C26H31FN2O3/c1-16(2)19-10-12-22(13-11-19)29-26(31)21-14-23(27)25(28-18(4)30)24(15-21)32-17(3)20-8-6-5-7-9-20/h5-9,14-15,17,19,22H,1,10-13H2,2-4H3,(H,28,30)(H,29,31). The third-order valence-electron chi connectivity index (χ3n) is 5.95. The number of hydrogen-bond donors (Lipinski definition) is 2. The summed E-state index contributed by atoms with van der Waals surface area (Å²) in [5, 5.41) is 5.50. The number of ether oxygens (including phenoxy) is 1. The molecule has 5 nitrogen and oxygen atoms in total. The Morgan fingerprint density at radius 3 is 2.34 bits per heavy atom. The van der Waals surface area contributed by atoms with Gasteiger partial charge < -0.3 is 15.4 Å². The Morgan fingerprint density at radius 1 is 1.09 bits per heavy atom. The van der Waals surface area contributed by atoms with Crippen LogP contribution in [0.25, 0.3) is 0 Å². The van der Waals surface area contributed by atoms with E-state index in [2.05, 4.69) is 17.2 Å². The molecular weight excluding hydrogens is 407 g/mol. The van der Waals surface area contributed by atoms with Crippen LogP contribution in [0.3, 0.4) is 0 Å². The van der Waals surface area contributed by atoms with Gasteiger partial charge in [0.1, 0.15) is 17.5 Å². The van der Waals surface area contributed by atoms with Crippen LogP contribution in [-0.4, -0.2) is 17.9 Å². The molecule has 1 unspecified atom stereocenters. The number of halogens is 1. The summed E-state index contributed by atoms with van der Waals surface area (Å²) < 4.78 is 20.9. The topological polar surface area (TPSA) is 67.4 Å². The number of anilines is 1. The van der Waals surface area contributed by atoms with Crippen molar-refractivity contribution in [3.05, 3.63) is 71.6 Å². The van der Waals surface area contributed by atoms with E-state index in [0.29, 0.717) is 5.92 Å². The van der Waals surface area contributed by atoms with E-state index >= 15 is 0 Å². The number of allylic oxidation sites excluding steroid dienone is 1. The Hall–Kier alpha value is -3.15. The van der Waals surface area contributed by atoms with E-state index in [1.54, 1.807) is 0 Å². The van der Waals surface area contributed by atoms with Crippen LogP contribution >= 0.6 is 0 Å². The maximum absolute atomic E-state index is 14.9. The van der Waals surface area contributed by atoms with Gasteiger partial charge in [-0.05, 0) is 63.1 Å². The first-order valence-electron chi connectivity index (χ1n) is 11.0. The molecule has 0 heterocycles. The van der Waals surface area contributed by atoms with Gasteiger partial charge in [0, 0.05) is 18.5 Å². The average Bonchev–Trinajstić information content (AvgIpc) is 2.76. The first-order valence-corrected chi connectivity index (χ1v) is 11.0. The van der Waals surface area contributed by atoms with Crippen molar-refractivity contribution < 1.29 is 18.7 Å². The van der Waals surface area contributed by atoms with Gasteiger partial charge >= 0.3 is 0 Å². The predicted octanol–water partition coefficient (Wildman–Crippen LogP) is 5.79. The van der Waals surface area contributed by atoms with Crippen molar-refractivity contribution in [3.63, 3.8) is 0 Å². The van der Waals surface area contributed by atoms with Crippen LogP contribution in [0.5, 0.6) is 5.75 Å². The number of hydrogen-bond acceptors (Lipinski definition) is 3. The number of rotatable bonds is 7. The first-order chi connectivity index (χ1) is 15.2. The summed E-state index contributed by atoms with van der Waals surface area (Å²) in [5.74, 6) is -0.874. The van der Waals surface area contributed by atoms with Gasteiger partial charge in [-0.25, -0.2) is 4.39 Å². The fourth-order valence-electron chi connectivity index (χ4n) is 4.08. The van der Waals surface area contributed by atoms with E-state index in [1.807, 2.05) is 44.2 Å². The normalized spacial score (nSPS) is 19.0. The molecule has 1 saturated carbocycles. The summed E-state index contributed by atoms with van der Waals surface area (Å²) in [6.45, 7) is 9.20. The lowest BCUT2D eigenvalue weighted by Gasteiger charge is -2.29. The van der Waals surface area contributed by atoms with E-state index in [4.69, 9.17) is 4.74 Å². The van der Waals surface area contributed by atoms with E-state index in [1.165, 1.54) is 18.6 Å². The van der Waals surface area contributed by atoms with Crippen LogP contribution in [0.4, 0.5) is 10.1 Å². The van der Waals surface area contributed by atoms with Crippen molar-refractivity contribution in [3.8, 4) is 5.75 Å². The van der Waals surface area contributed by atoms with E-state index in [-0.39, 0.29) is 28.9 Å². The minimum atomic E-state index is -0.714. The summed E-state index contributed by atoms with van der Waals surface area (Å²) in [7, 11) is 0. The SMILES string of the molecule is C=C(C)C1CCC(NC(=O)c2cc(F)c(NC(C)=O)c(OC(C)c3ccccc3)c2)CC1. The first kappa shape index (κ1) is 23.5. The van der Waals surface area contributed by atoms with E-state index in [9.17, 15) is 14.0 Å². The lowest BCUT2D eigenvalue weighted by atomic mass is 9.82. The van der Waals surface area contributed by atoms with Crippen LogP contribution in [-0.2, 0) is 4.79 Å². The molecule has 1 aliphatic rings. The molecule has 1 fully saturated rings. The van der Waals surface area contributed by atoms with Crippen molar-refractivity contribution in [1.82, 2.24) is 5.32 Å². The van der Waals surface area contributed by atoms with Gasteiger partial charge in [-0.1, -0.05) is 42.5 Å². The van der Waals surface area contributed by atoms with E-state index in [0.717, 1.165) is 37.3 Å². The third-order valence-corrected chi connectivity index (χ3v) is 5.95. The van der Waals surface area contributed by atoms with Crippen molar-refractivity contribution in [2.75, 3.05) is 5.32 Å². The number of nitrogens with one attached hydrogen (secondary N) is 2. The molecule has 170 valence electrons. The molecule has 0 bridgehead atoms. The zero-order valence-electron chi connectivity index (χ0n) is 18.9. The number of amides is 2. The molecule has 1 atom stereocenters. The zero-order valence-corrected chi connectivity index (χ0v) is 18.9. The molecule has 2 aromatic rings. The van der Waals surface area contributed by atoms with E-state index < -0.39 is 17.8 Å². The highest BCUT2D eigenvalue weighted by Crippen LogP contribution is 2.34. The van der Waals surface area contributed by atoms with Crippen molar-refractivity contribution in [1.29, 1.82) is 0 Å². The average molecular weight is 439 g/mol. The third kappa shape index (κ3) is 5.96. The highest BCUT2D eigenvalue weighted by atomic mass is 19.1. The lowest BCUT2D eigenvalue weighted by molar-refractivity contribution is -0.114. The van der Waals surface area contributed by atoms with Crippen LogP contribution < -0.4 is 15.4 Å². The Morgan fingerprint density at radius 2 is 1.75 bits per heavy atom. The Labute approximate surface area is 189 Å². The van der Waals surface area contributed by atoms with Crippen LogP contribution in [0.2, 0.25) is 0 Å². The Kier molecular flexibility index (Phi) is 7.67. The van der Waals surface area contributed by atoms with Crippen molar-refractivity contribution >= 4 is 17.5 Å². The number of carbonyl (C=O) groups excluding carboxylic acids is 2. The molecule has 0 spiro atoms. The van der Waals surface area contributed by atoms with Gasteiger partial charge in [0.2, 0.25) is 5.91 Å². The molecule has 0 aliphatic heterocycles. The molecule has 2 aromatic carbocycles. The largest absolute Gasteiger partial charge is 0.484 e. The maximum Gasteiger partial charge on any atom is 0.251 e. The fourth-order valence-corrected chi connectivity index (χ4v) is 4.08. The van der Waals surface area contributed by atoms with Gasteiger partial charge in [-0.15, -0.1) is 0 Å². The second kappa shape index (κ2) is 10.4. The molecule has 3 rings (SSSR count). The van der Waals surface area contributed by atoms with Gasteiger partial charge in [0.15, 0.2) is 5.82 Å². The second-order valence-electron chi connectivity index (χ2n) is 8.55. The summed E-state index contributed by atoms with van der Waals surface area (Å²) in [4.78, 5) is 24.5. The summed E-state index contributed by atoms with van der Waals surface area (Å²) in [5.41, 5.74) is 2.17. The minimum Gasteiger partial charge on any atom is -0.484 e. The Bertz CT molecular complexity index is 982. The van der Waals surface area contributed by atoms with Crippen LogP contribution in [0, 0.1) is 11.7 Å². The molecular formula is C26H31FN2O3. The van der Waals surface area contributed by atoms with Crippen molar-refractivity contribution in [2.45, 2.75) is 58.6 Å². The molecule has 6 heteroatoms. The van der Waals surface area contributed by atoms with Crippen molar-refractivity contribution in [2.24, 2.45) is 5.92 Å². The fraction of sp³-hybridized carbons (Fsp3) is 0.385. The maximum atomic E-state index is 14.9. The number of benzene rings is 2. The summed E-state index contributed by atoms with van der Waals surface area (Å²) in [6, 6.07) is 12.1. The highest BCUT2D eigenvalue weighted by Gasteiger charge is 2.25. The van der Waals surface area contributed by atoms with Crippen LogP contribution in [0.15, 0.2) is 54.6 Å². The van der Waals surface area contributed by atoms with Crippen LogP contribution in [0.1, 0.15) is 68.5 Å². The molecule has 0 aromatic heterocycles. The summed E-state index contributed by atoms with van der Waals surface area (Å²) >= 11 is 0. The van der Waals surface area contributed by atoms with Gasteiger partial charge in [0.05, 0.1) is 0 Å². The molecule has 2 N–H and O–H groups in total. The molecule has 32 heavy (non-hydrogen) atoms.